The van der Waals surface area contributed by atoms with Crippen molar-refractivity contribution < 1.29 is 9.63 Å². The fourth-order valence-corrected chi connectivity index (χ4v) is 2.66. The number of benzene rings is 2. The van der Waals surface area contributed by atoms with Crippen molar-refractivity contribution in [2.24, 2.45) is 4.99 Å². The molecule has 0 aliphatic heterocycles. The number of rotatable bonds is 5. The van der Waals surface area contributed by atoms with Crippen molar-refractivity contribution >= 4 is 17.2 Å². The minimum atomic E-state index is -0.100. The molecule has 0 unspecified atom stereocenters. The first-order valence-corrected chi connectivity index (χ1v) is 7.68. The number of aliphatic imine (C=N–C) groups is 1. The standard InChI is InChI=1S/C20H18N2O2/c1-3-21-19-14(2)18(16-11-7-8-12-17(16)20(19)23)22-24-13-15-9-5-4-6-10-15/h3-12,22H,1,13H2,2H3. The molecule has 0 amide bonds. The van der Waals surface area contributed by atoms with E-state index in [1.807, 2.05) is 55.5 Å². The maximum absolute atomic E-state index is 12.6. The van der Waals surface area contributed by atoms with Crippen LogP contribution in [0.25, 0.3) is 5.70 Å². The van der Waals surface area contributed by atoms with E-state index in [0.29, 0.717) is 17.9 Å². The third-order valence-electron chi connectivity index (χ3n) is 3.86. The molecule has 24 heavy (non-hydrogen) atoms. The first-order valence-electron chi connectivity index (χ1n) is 7.68. The highest BCUT2D eigenvalue weighted by atomic mass is 16.6. The van der Waals surface area contributed by atoms with Gasteiger partial charge in [0.2, 0.25) is 5.78 Å². The molecule has 0 fully saturated rings. The Morgan fingerprint density at radius 1 is 1.08 bits per heavy atom. The summed E-state index contributed by atoms with van der Waals surface area (Å²) in [5, 5.41) is 0. The molecule has 4 heteroatoms. The molecule has 0 spiro atoms. The van der Waals surface area contributed by atoms with Gasteiger partial charge in [-0.05, 0) is 12.5 Å². The molecule has 120 valence electrons. The lowest BCUT2D eigenvalue weighted by molar-refractivity contribution is 0.0642. The van der Waals surface area contributed by atoms with E-state index in [1.165, 1.54) is 6.20 Å². The largest absolute Gasteiger partial charge is 0.287 e. The Balaban J connectivity index is 1.90. The second-order valence-corrected chi connectivity index (χ2v) is 5.41. The molecule has 1 N–H and O–H groups in total. The van der Waals surface area contributed by atoms with Gasteiger partial charge in [0.15, 0.2) is 0 Å². The Morgan fingerprint density at radius 2 is 1.75 bits per heavy atom. The summed E-state index contributed by atoms with van der Waals surface area (Å²) in [5.74, 6) is -0.100. The van der Waals surface area contributed by atoms with Crippen molar-refractivity contribution in [3.05, 3.63) is 89.6 Å². The van der Waals surface area contributed by atoms with Gasteiger partial charge in [0.25, 0.3) is 0 Å². The Kier molecular flexibility index (Phi) is 4.68. The van der Waals surface area contributed by atoms with Crippen LogP contribution in [0.1, 0.15) is 28.4 Å². The lowest BCUT2D eigenvalue weighted by atomic mass is 9.87. The quantitative estimate of drug-likeness (QED) is 0.850. The number of Topliss-reactive ketones (excluding diaryl/α,β-unsaturated/α-hetero) is 1. The van der Waals surface area contributed by atoms with E-state index in [-0.39, 0.29) is 5.78 Å². The average molecular weight is 318 g/mol. The fourth-order valence-electron chi connectivity index (χ4n) is 2.66. The van der Waals surface area contributed by atoms with Crippen LogP contribution in [-0.4, -0.2) is 11.5 Å². The van der Waals surface area contributed by atoms with Gasteiger partial charge in [-0.3, -0.25) is 20.1 Å². The van der Waals surface area contributed by atoms with Gasteiger partial charge in [0, 0.05) is 22.9 Å². The van der Waals surface area contributed by atoms with E-state index < -0.39 is 0 Å². The summed E-state index contributed by atoms with van der Waals surface area (Å²) in [6.07, 6.45) is 1.38. The predicted octanol–water partition coefficient (Wildman–Crippen LogP) is 3.92. The summed E-state index contributed by atoms with van der Waals surface area (Å²) >= 11 is 0. The third kappa shape index (κ3) is 3.05. The molecule has 4 nitrogen and oxygen atoms in total. The van der Waals surface area contributed by atoms with Gasteiger partial charge in [-0.25, -0.2) is 0 Å². The number of ketones is 1. The van der Waals surface area contributed by atoms with Crippen molar-refractivity contribution in [2.75, 3.05) is 0 Å². The number of allylic oxidation sites excluding steroid dienone is 1. The summed E-state index contributed by atoms with van der Waals surface area (Å²) in [6.45, 7) is 5.86. The lowest BCUT2D eigenvalue weighted by Crippen LogP contribution is -2.28. The monoisotopic (exact) mass is 318 g/mol. The van der Waals surface area contributed by atoms with E-state index in [1.54, 1.807) is 6.07 Å². The smallest absolute Gasteiger partial charge is 0.212 e. The molecule has 0 aromatic heterocycles. The lowest BCUT2D eigenvalue weighted by Gasteiger charge is -2.22. The SMILES string of the molecule is C=CN=C1C(=O)c2ccccc2C(NOCc2ccccc2)=C1C. The minimum absolute atomic E-state index is 0.100. The van der Waals surface area contributed by atoms with Crippen molar-refractivity contribution in [3.63, 3.8) is 0 Å². The van der Waals surface area contributed by atoms with Gasteiger partial charge < -0.3 is 0 Å². The molecular formula is C20H18N2O2. The van der Waals surface area contributed by atoms with Gasteiger partial charge in [-0.2, -0.15) is 0 Å². The summed E-state index contributed by atoms with van der Waals surface area (Å²) in [5.41, 5.74) is 7.36. The first kappa shape index (κ1) is 15.9. The normalized spacial score (nSPS) is 15.4. The molecule has 0 atom stereocenters. The topological polar surface area (TPSA) is 50.7 Å². The highest BCUT2D eigenvalue weighted by Gasteiger charge is 2.28. The Bertz CT molecular complexity index is 836. The number of hydrogen-bond acceptors (Lipinski definition) is 4. The maximum Gasteiger partial charge on any atom is 0.212 e. The Morgan fingerprint density at radius 3 is 2.46 bits per heavy atom. The number of nitrogens with zero attached hydrogens (tertiary/aromatic N) is 1. The van der Waals surface area contributed by atoms with Crippen LogP contribution >= 0.6 is 0 Å². The van der Waals surface area contributed by atoms with E-state index in [0.717, 1.165) is 22.4 Å². The van der Waals surface area contributed by atoms with Crippen LogP contribution in [0.2, 0.25) is 0 Å². The van der Waals surface area contributed by atoms with E-state index >= 15 is 0 Å². The number of hydroxylamine groups is 1. The molecule has 0 saturated heterocycles. The Labute approximate surface area is 141 Å². The summed E-state index contributed by atoms with van der Waals surface area (Å²) < 4.78 is 0. The first-order chi connectivity index (χ1) is 11.7. The maximum atomic E-state index is 12.6. The summed E-state index contributed by atoms with van der Waals surface area (Å²) in [7, 11) is 0. The molecule has 1 aliphatic carbocycles. The molecule has 0 radical (unpaired) electrons. The zero-order valence-electron chi connectivity index (χ0n) is 13.5. The molecule has 3 rings (SSSR count). The molecule has 0 saturated carbocycles. The van der Waals surface area contributed by atoms with Gasteiger partial charge in [0.05, 0.1) is 12.3 Å². The number of hydrogen-bond donors (Lipinski definition) is 1. The van der Waals surface area contributed by atoms with Crippen LogP contribution in [0.5, 0.6) is 0 Å². The number of carbonyl (C=O) groups is 1. The van der Waals surface area contributed by atoms with Crippen molar-refractivity contribution in [1.82, 2.24) is 5.48 Å². The van der Waals surface area contributed by atoms with Crippen LogP contribution in [-0.2, 0) is 11.4 Å². The third-order valence-corrected chi connectivity index (χ3v) is 3.86. The highest BCUT2D eigenvalue weighted by molar-refractivity contribution is 6.54. The zero-order chi connectivity index (χ0) is 16.9. The predicted molar refractivity (Wildman–Crippen MR) is 95.4 cm³/mol. The molecular weight excluding hydrogens is 300 g/mol. The van der Waals surface area contributed by atoms with Crippen molar-refractivity contribution in [1.29, 1.82) is 0 Å². The van der Waals surface area contributed by atoms with Crippen molar-refractivity contribution in [2.45, 2.75) is 13.5 Å². The Hall–Kier alpha value is -2.98. The molecule has 0 bridgehead atoms. The van der Waals surface area contributed by atoms with E-state index in [4.69, 9.17) is 4.84 Å². The van der Waals surface area contributed by atoms with E-state index in [9.17, 15) is 4.79 Å². The fraction of sp³-hybridized carbons (Fsp3) is 0.100. The minimum Gasteiger partial charge on any atom is -0.287 e. The molecule has 2 aromatic rings. The summed E-state index contributed by atoms with van der Waals surface area (Å²) in [4.78, 5) is 22.4. The van der Waals surface area contributed by atoms with Gasteiger partial charge >= 0.3 is 0 Å². The summed E-state index contributed by atoms with van der Waals surface area (Å²) in [6, 6.07) is 17.3. The number of carbonyl (C=O) groups excluding carboxylic acids is 1. The highest BCUT2D eigenvalue weighted by Crippen LogP contribution is 2.28. The van der Waals surface area contributed by atoms with Gasteiger partial charge in [-0.15, -0.1) is 0 Å². The molecule has 1 aliphatic rings. The van der Waals surface area contributed by atoms with E-state index in [2.05, 4.69) is 17.1 Å². The second-order valence-electron chi connectivity index (χ2n) is 5.41. The molecule has 0 heterocycles. The molecule has 2 aromatic carbocycles. The van der Waals surface area contributed by atoms with Crippen molar-refractivity contribution in [3.8, 4) is 0 Å². The zero-order valence-corrected chi connectivity index (χ0v) is 13.5. The number of nitrogens with one attached hydrogen (secondary N) is 1. The van der Waals surface area contributed by atoms with Crippen LogP contribution in [0.15, 0.2) is 77.9 Å². The van der Waals surface area contributed by atoms with Crippen LogP contribution in [0.4, 0.5) is 0 Å². The van der Waals surface area contributed by atoms with Gasteiger partial charge in [-0.1, -0.05) is 61.2 Å². The van der Waals surface area contributed by atoms with Crippen LogP contribution in [0.3, 0.4) is 0 Å². The van der Waals surface area contributed by atoms with Crippen LogP contribution < -0.4 is 5.48 Å². The van der Waals surface area contributed by atoms with Crippen LogP contribution in [0, 0.1) is 0 Å². The van der Waals surface area contributed by atoms with Gasteiger partial charge in [0.1, 0.15) is 5.71 Å². The average Bonchev–Trinajstić information content (AvgIpc) is 2.62. The second kappa shape index (κ2) is 7.06. The number of fused-ring (bicyclic) bond motifs is 1.